The number of aryl methyl sites for hydroxylation is 6. The van der Waals surface area contributed by atoms with Crippen molar-refractivity contribution in [2.24, 2.45) is 0 Å². The summed E-state index contributed by atoms with van der Waals surface area (Å²) in [6, 6.07) is 52.7. The molecule has 11 aromatic rings. The van der Waals surface area contributed by atoms with Crippen molar-refractivity contribution in [2.75, 3.05) is 0 Å². The van der Waals surface area contributed by atoms with E-state index in [-0.39, 0.29) is 0 Å². The molecule has 11 rings (SSSR count). The smallest absolute Gasteiger partial charge is 0.165 e. The fourth-order valence-corrected chi connectivity index (χ4v) is 9.23. The SMILES string of the molecule is Cc1ccc2c(c1)c1ccccc1n2-c1ccc(-c2nc(C)nc(C)n2)cc1-c1cccc(-c2ccc(-n3c4ccccc4c4cc(C)ccc43)c(-c3nc(C)nc(C)n3)c2)c1. The molecule has 0 atom stereocenters. The molecule has 0 N–H and O–H groups in total. The van der Waals surface area contributed by atoms with Gasteiger partial charge in [-0.05, 0) is 131 Å². The third-order valence-electron chi connectivity index (χ3n) is 11.9. The van der Waals surface area contributed by atoms with Gasteiger partial charge in [-0.2, -0.15) is 0 Å². The standard InChI is InChI=1S/C54H42N8/c1-31-18-22-50-44(26-31)41-14-7-9-16-47(41)61(50)49-25-21-40(53-57-33(3)55-34(4)58-53)30-43(49)39-13-11-12-37(28-39)38-20-24-52(46(29-38)54-59-35(5)56-36(6)60-54)62-48-17-10-8-15-42(48)45-27-32(2)19-23-51(45)62/h7-30H,1-6H3. The topological polar surface area (TPSA) is 87.2 Å². The molecule has 4 aromatic heterocycles. The number of benzene rings is 7. The molecule has 0 unspecified atom stereocenters. The van der Waals surface area contributed by atoms with Crippen molar-refractivity contribution in [1.82, 2.24) is 39.0 Å². The molecule has 7 aromatic carbocycles. The fourth-order valence-electron chi connectivity index (χ4n) is 9.23. The molecule has 62 heavy (non-hydrogen) atoms. The van der Waals surface area contributed by atoms with Gasteiger partial charge in [0.1, 0.15) is 23.3 Å². The van der Waals surface area contributed by atoms with Gasteiger partial charge in [0.15, 0.2) is 11.6 Å². The van der Waals surface area contributed by atoms with Crippen molar-refractivity contribution in [3.05, 3.63) is 180 Å². The van der Waals surface area contributed by atoms with Crippen LogP contribution in [0.5, 0.6) is 0 Å². The highest BCUT2D eigenvalue weighted by Gasteiger charge is 2.21. The Balaban J connectivity index is 1.14. The van der Waals surface area contributed by atoms with E-state index in [0.29, 0.717) is 34.9 Å². The maximum absolute atomic E-state index is 4.94. The third-order valence-corrected chi connectivity index (χ3v) is 11.9. The Bertz CT molecular complexity index is 3570. The van der Waals surface area contributed by atoms with E-state index >= 15 is 0 Å². The van der Waals surface area contributed by atoms with Crippen LogP contribution in [0, 0.1) is 41.5 Å². The summed E-state index contributed by atoms with van der Waals surface area (Å²) in [4.78, 5) is 28.5. The lowest BCUT2D eigenvalue weighted by atomic mass is 9.95. The average Bonchev–Trinajstić information content (AvgIpc) is 3.77. The van der Waals surface area contributed by atoms with Gasteiger partial charge in [0.05, 0.1) is 33.4 Å². The van der Waals surface area contributed by atoms with Crippen molar-refractivity contribution in [3.8, 4) is 56.4 Å². The van der Waals surface area contributed by atoms with Gasteiger partial charge in [0, 0.05) is 38.2 Å². The number of rotatable bonds is 6. The van der Waals surface area contributed by atoms with E-state index in [0.717, 1.165) is 66.8 Å². The minimum atomic E-state index is 0.639. The summed E-state index contributed by atoms with van der Waals surface area (Å²) in [6.45, 7) is 12.0. The van der Waals surface area contributed by atoms with Gasteiger partial charge in [-0.25, -0.2) is 29.9 Å². The lowest BCUT2D eigenvalue weighted by Gasteiger charge is -2.17. The van der Waals surface area contributed by atoms with Crippen molar-refractivity contribution in [1.29, 1.82) is 0 Å². The number of para-hydroxylation sites is 2. The molecule has 0 fully saturated rings. The minimum Gasteiger partial charge on any atom is -0.309 e. The van der Waals surface area contributed by atoms with Crippen molar-refractivity contribution >= 4 is 43.6 Å². The second kappa shape index (κ2) is 14.4. The van der Waals surface area contributed by atoms with Crippen LogP contribution in [0.4, 0.5) is 0 Å². The summed E-state index contributed by atoms with van der Waals surface area (Å²) in [5.41, 5.74) is 15.2. The van der Waals surface area contributed by atoms with Crippen molar-refractivity contribution in [3.63, 3.8) is 0 Å². The molecule has 0 amide bonds. The van der Waals surface area contributed by atoms with E-state index in [1.54, 1.807) is 0 Å². The van der Waals surface area contributed by atoms with Gasteiger partial charge in [0.25, 0.3) is 0 Å². The maximum atomic E-state index is 4.94. The highest BCUT2D eigenvalue weighted by atomic mass is 15.0. The van der Waals surface area contributed by atoms with Crippen LogP contribution < -0.4 is 0 Å². The van der Waals surface area contributed by atoms with Crippen LogP contribution in [0.15, 0.2) is 146 Å². The van der Waals surface area contributed by atoms with Gasteiger partial charge in [-0.15, -0.1) is 0 Å². The first-order valence-electron chi connectivity index (χ1n) is 21.0. The van der Waals surface area contributed by atoms with Crippen molar-refractivity contribution < 1.29 is 0 Å². The predicted octanol–water partition coefficient (Wildman–Crippen LogP) is 12.8. The zero-order chi connectivity index (χ0) is 42.2. The molecule has 8 heteroatoms. The summed E-state index contributed by atoms with van der Waals surface area (Å²) >= 11 is 0. The third kappa shape index (κ3) is 6.22. The monoisotopic (exact) mass is 802 g/mol. The number of nitrogens with zero attached hydrogens (tertiary/aromatic N) is 8. The second-order valence-electron chi connectivity index (χ2n) is 16.3. The van der Waals surface area contributed by atoms with Crippen LogP contribution >= 0.6 is 0 Å². The molecule has 0 radical (unpaired) electrons. The first kappa shape index (κ1) is 37.2. The highest BCUT2D eigenvalue weighted by Crippen LogP contribution is 2.41. The van der Waals surface area contributed by atoms with Crippen LogP contribution in [0.3, 0.4) is 0 Å². The second-order valence-corrected chi connectivity index (χ2v) is 16.3. The number of aromatic nitrogens is 8. The molecule has 298 valence electrons. The van der Waals surface area contributed by atoms with Gasteiger partial charge >= 0.3 is 0 Å². The first-order chi connectivity index (χ1) is 30.2. The molecule has 0 saturated carbocycles. The number of hydrogen-bond acceptors (Lipinski definition) is 6. The molecule has 0 aliphatic carbocycles. The Kier molecular flexibility index (Phi) is 8.65. The van der Waals surface area contributed by atoms with E-state index in [1.807, 2.05) is 27.7 Å². The van der Waals surface area contributed by atoms with Crippen LogP contribution in [0.1, 0.15) is 34.4 Å². The molecular formula is C54H42N8. The Morgan fingerprint density at radius 3 is 1.34 bits per heavy atom. The predicted molar refractivity (Wildman–Crippen MR) is 252 cm³/mol. The van der Waals surface area contributed by atoms with Gasteiger partial charge < -0.3 is 9.13 Å². The first-order valence-corrected chi connectivity index (χ1v) is 21.0. The van der Waals surface area contributed by atoms with E-state index in [1.165, 1.54) is 32.7 Å². The normalized spacial score (nSPS) is 11.7. The van der Waals surface area contributed by atoms with E-state index in [2.05, 4.69) is 179 Å². The molecule has 0 aliphatic heterocycles. The quantitative estimate of drug-likeness (QED) is 0.166. The molecule has 0 aliphatic rings. The largest absolute Gasteiger partial charge is 0.309 e. The number of fused-ring (bicyclic) bond motifs is 6. The summed E-state index contributed by atoms with van der Waals surface area (Å²) in [7, 11) is 0. The van der Waals surface area contributed by atoms with Crippen LogP contribution in [-0.4, -0.2) is 39.0 Å². The van der Waals surface area contributed by atoms with Gasteiger partial charge in [0.2, 0.25) is 0 Å². The molecule has 0 spiro atoms. The molecule has 0 saturated heterocycles. The summed E-state index contributed by atoms with van der Waals surface area (Å²) in [5, 5.41) is 4.86. The van der Waals surface area contributed by atoms with Crippen LogP contribution in [0.25, 0.3) is 100 Å². The lowest BCUT2D eigenvalue weighted by molar-refractivity contribution is 0.926. The Labute approximate surface area is 359 Å². The van der Waals surface area contributed by atoms with Gasteiger partial charge in [-0.1, -0.05) is 83.9 Å². The average molecular weight is 803 g/mol. The highest BCUT2D eigenvalue weighted by molar-refractivity contribution is 6.11. The molecule has 8 nitrogen and oxygen atoms in total. The lowest BCUT2D eigenvalue weighted by Crippen LogP contribution is -2.03. The molecule has 0 bridgehead atoms. The van der Waals surface area contributed by atoms with Crippen molar-refractivity contribution in [2.45, 2.75) is 41.5 Å². The minimum absolute atomic E-state index is 0.639. The summed E-state index contributed by atoms with van der Waals surface area (Å²) < 4.78 is 4.75. The molecular weight excluding hydrogens is 761 g/mol. The summed E-state index contributed by atoms with van der Waals surface area (Å²) in [6.07, 6.45) is 0. The van der Waals surface area contributed by atoms with E-state index in [4.69, 9.17) is 19.9 Å². The zero-order valence-corrected chi connectivity index (χ0v) is 35.4. The molecule has 4 heterocycles. The van der Waals surface area contributed by atoms with Gasteiger partial charge in [-0.3, -0.25) is 0 Å². The Morgan fingerprint density at radius 1 is 0.306 bits per heavy atom. The fraction of sp³-hybridized carbons (Fsp3) is 0.111. The van der Waals surface area contributed by atoms with Crippen LogP contribution in [0.2, 0.25) is 0 Å². The maximum Gasteiger partial charge on any atom is 0.165 e. The number of hydrogen-bond donors (Lipinski definition) is 0. The van der Waals surface area contributed by atoms with E-state index < -0.39 is 0 Å². The summed E-state index contributed by atoms with van der Waals surface area (Å²) in [5.74, 6) is 4.04. The Morgan fingerprint density at radius 2 is 0.758 bits per heavy atom. The van der Waals surface area contributed by atoms with Crippen LogP contribution in [-0.2, 0) is 0 Å². The Hall–Kier alpha value is -7.84. The zero-order valence-electron chi connectivity index (χ0n) is 35.4. The van der Waals surface area contributed by atoms with E-state index in [9.17, 15) is 0 Å².